The summed E-state index contributed by atoms with van der Waals surface area (Å²) < 4.78 is 11.1. The number of nitrogens with one attached hydrogen (secondary N) is 1. The van der Waals surface area contributed by atoms with Crippen molar-refractivity contribution >= 4 is 28.8 Å². The number of carbonyl (C=O) groups excluding carboxylic acids is 1. The van der Waals surface area contributed by atoms with E-state index in [1.54, 1.807) is 24.3 Å². The van der Waals surface area contributed by atoms with Crippen LogP contribution in [0.5, 0.6) is 11.5 Å². The van der Waals surface area contributed by atoms with Crippen molar-refractivity contribution in [3.05, 3.63) is 63.4 Å². The van der Waals surface area contributed by atoms with E-state index >= 15 is 0 Å². The molecular weight excluding hydrogens is 390 g/mol. The van der Waals surface area contributed by atoms with Crippen LogP contribution in [0.2, 0.25) is 0 Å². The Morgan fingerprint density at radius 2 is 2.03 bits per heavy atom. The molecule has 0 unspecified atom stereocenters. The van der Waals surface area contributed by atoms with Crippen molar-refractivity contribution in [3.8, 4) is 11.5 Å². The van der Waals surface area contributed by atoms with Crippen molar-refractivity contribution in [2.75, 3.05) is 6.61 Å². The van der Waals surface area contributed by atoms with Crippen molar-refractivity contribution in [2.24, 2.45) is 5.10 Å². The fourth-order valence-electron chi connectivity index (χ4n) is 3.55. The van der Waals surface area contributed by atoms with E-state index in [-0.39, 0.29) is 17.8 Å². The third kappa shape index (κ3) is 3.82. The van der Waals surface area contributed by atoms with Crippen LogP contribution < -0.4 is 15.3 Å². The summed E-state index contributed by atoms with van der Waals surface area (Å²) in [6.45, 7) is -0.267. The third-order valence-corrected chi connectivity index (χ3v) is 4.91. The zero-order chi connectivity index (χ0) is 21.1. The van der Waals surface area contributed by atoms with Crippen LogP contribution in [0.1, 0.15) is 29.7 Å². The van der Waals surface area contributed by atoms with Gasteiger partial charge in [-0.3, -0.25) is 14.9 Å². The maximum Gasteiger partial charge on any atom is 0.277 e. The Balaban J connectivity index is 1.59. The van der Waals surface area contributed by atoms with E-state index in [2.05, 4.69) is 10.5 Å². The summed E-state index contributed by atoms with van der Waals surface area (Å²) in [7, 11) is 0. The molecule has 0 spiro atoms. The molecule has 9 heteroatoms. The lowest BCUT2D eigenvalue weighted by Crippen LogP contribution is -2.24. The van der Waals surface area contributed by atoms with E-state index in [1.165, 1.54) is 6.07 Å². The highest BCUT2D eigenvalue weighted by Gasteiger charge is 2.24. The number of hydrogen-bond acceptors (Lipinski definition) is 7. The van der Waals surface area contributed by atoms with Crippen molar-refractivity contribution in [2.45, 2.75) is 25.7 Å². The highest BCUT2D eigenvalue weighted by atomic mass is 16.6. The normalized spacial score (nSPS) is 13.3. The van der Waals surface area contributed by atoms with Crippen LogP contribution in [0.25, 0.3) is 11.0 Å². The number of nitrogens with zero attached hydrogens (tertiary/aromatic N) is 2. The molecule has 0 atom stereocenters. The summed E-state index contributed by atoms with van der Waals surface area (Å²) in [5.41, 5.74) is 2.89. The van der Waals surface area contributed by atoms with Crippen LogP contribution in [0.3, 0.4) is 0 Å². The van der Waals surface area contributed by atoms with Gasteiger partial charge < -0.3 is 14.3 Å². The van der Waals surface area contributed by atoms with Crippen LogP contribution in [-0.2, 0) is 17.6 Å². The molecule has 1 aliphatic rings. The third-order valence-electron chi connectivity index (χ3n) is 4.91. The lowest BCUT2D eigenvalue weighted by atomic mass is 9.93. The second-order valence-corrected chi connectivity index (χ2v) is 6.87. The number of para-hydroxylation sites is 1. The Hall–Kier alpha value is -3.88. The van der Waals surface area contributed by atoms with Gasteiger partial charge >= 0.3 is 0 Å². The number of ether oxygens (including phenoxy) is 1. The number of hydrogen-bond donors (Lipinski definition) is 1. The molecular formula is C21H18N3O6-. The number of furan rings is 1. The standard InChI is InChI=1S/C21H19N3O6/c25-19(12-29-13-6-2-1-3-7-13)23-22-11-15-20-14-8-4-5-9-17(14)30-18(20)10-16(21(15)26)24(27)28/h1-3,6-7,10-11,26H,4-5,8-9,12H2,(H,23,25)/p-1/b22-11-. The number of carbonyl (C=O) groups is 1. The number of benzene rings is 2. The first-order valence-corrected chi connectivity index (χ1v) is 9.47. The number of rotatable bonds is 6. The van der Waals surface area contributed by atoms with Crippen LogP contribution >= 0.6 is 0 Å². The molecule has 0 saturated carbocycles. The van der Waals surface area contributed by atoms with Crippen LogP contribution in [-0.4, -0.2) is 23.7 Å². The summed E-state index contributed by atoms with van der Waals surface area (Å²) in [5.74, 6) is -0.0198. The predicted octanol–water partition coefficient (Wildman–Crippen LogP) is 2.82. The average Bonchev–Trinajstić information content (AvgIpc) is 3.12. The van der Waals surface area contributed by atoms with Gasteiger partial charge in [0.15, 0.2) is 6.61 Å². The van der Waals surface area contributed by atoms with Gasteiger partial charge in [0, 0.05) is 22.9 Å². The Morgan fingerprint density at radius 1 is 1.27 bits per heavy atom. The molecule has 9 nitrogen and oxygen atoms in total. The molecule has 0 saturated heterocycles. The van der Waals surface area contributed by atoms with Gasteiger partial charge in [-0.25, -0.2) is 5.43 Å². The molecule has 0 aliphatic heterocycles. The first-order chi connectivity index (χ1) is 14.5. The smallest absolute Gasteiger partial charge is 0.277 e. The molecule has 3 aromatic rings. The second kappa shape index (κ2) is 8.24. The molecule has 1 N–H and O–H groups in total. The summed E-state index contributed by atoms with van der Waals surface area (Å²) in [6, 6.07) is 9.97. The number of aryl methyl sites for hydroxylation is 2. The minimum atomic E-state index is -0.764. The number of hydrazone groups is 1. The van der Waals surface area contributed by atoms with E-state index in [1.807, 2.05) is 6.07 Å². The van der Waals surface area contributed by atoms with Crippen molar-refractivity contribution in [1.82, 2.24) is 5.43 Å². The average molecular weight is 408 g/mol. The quantitative estimate of drug-likeness (QED) is 0.379. The minimum absolute atomic E-state index is 0.0374. The predicted molar refractivity (Wildman–Crippen MR) is 107 cm³/mol. The number of amides is 1. The van der Waals surface area contributed by atoms with Gasteiger partial charge in [-0.2, -0.15) is 5.10 Å². The lowest BCUT2D eigenvalue weighted by Gasteiger charge is -2.14. The zero-order valence-electron chi connectivity index (χ0n) is 15.9. The molecule has 1 amide bonds. The Morgan fingerprint density at radius 3 is 2.80 bits per heavy atom. The van der Waals surface area contributed by atoms with Crippen LogP contribution in [0.15, 0.2) is 45.9 Å². The van der Waals surface area contributed by atoms with E-state index < -0.39 is 22.3 Å². The van der Waals surface area contributed by atoms with Gasteiger partial charge in [0.2, 0.25) is 0 Å². The minimum Gasteiger partial charge on any atom is -0.867 e. The van der Waals surface area contributed by atoms with E-state index in [4.69, 9.17) is 9.15 Å². The van der Waals surface area contributed by atoms with Gasteiger partial charge in [0.1, 0.15) is 17.1 Å². The monoisotopic (exact) mass is 408 g/mol. The Labute approximate surface area is 171 Å². The summed E-state index contributed by atoms with van der Waals surface area (Å²) in [5, 5.41) is 28.3. The van der Waals surface area contributed by atoms with Gasteiger partial charge in [-0.05, 0) is 37.1 Å². The first kappa shape index (κ1) is 19.4. The fraction of sp³-hybridized carbons (Fsp3) is 0.238. The summed E-state index contributed by atoms with van der Waals surface area (Å²) >= 11 is 0. The fourth-order valence-corrected chi connectivity index (χ4v) is 3.55. The highest BCUT2D eigenvalue weighted by Crippen LogP contribution is 2.40. The van der Waals surface area contributed by atoms with Gasteiger partial charge in [0.05, 0.1) is 17.2 Å². The van der Waals surface area contributed by atoms with E-state index in [0.717, 1.165) is 43.2 Å². The molecule has 2 aromatic carbocycles. The van der Waals surface area contributed by atoms with Crippen molar-refractivity contribution < 1.29 is 24.0 Å². The molecule has 0 fully saturated rings. The number of nitro benzene ring substituents is 1. The molecule has 1 heterocycles. The maximum atomic E-state index is 12.7. The Kier molecular flexibility index (Phi) is 5.34. The summed E-state index contributed by atoms with van der Waals surface area (Å²) in [4.78, 5) is 22.5. The number of fused-ring (bicyclic) bond motifs is 3. The number of nitro groups is 1. The Bertz CT molecular complexity index is 1140. The topological polar surface area (TPSA) is 130 Å². The van der Waals surface area contributed by atoms with Gasteiger partial charge in [-0.15, -0.1) is 0 Å². The molecule has 1 aliphatic carbocycles. The van der Waals surface area contributed by atoms with Crippen molar-refractivity contribution in [3.63, 3.8) is 0 Å². The lowest BCUT2D eigenvalue weighted by molar-refractivity contribution is -0.398. The SMILES string of the molecule is O=C(COc1ccccc1)N/N=C\c1c([O-])c([N+](=O)[O-])cc2oc3c(c12)CCCC3. The zero-order valence-corrected chi connectivity index (χ0v) is 15.9. The highest BCUT2D eigenvalue weighted by molar-refractivity contribution is 6.05. The largest absolute Gasteiger partial charge is 0.867 e. The van der Waals surface area contributed by atoms with Gasteiger partial charge in [0.25, 0.3) is 11.6 Å². The van der Waals surface area contributed by atoms with Crippen LogP contribution in [0, 0.1) is 10.1 Å². The molecule has 154 valence electrons. The maximum absolute atomic E-state index is 12.7. The molecule has 30 heavy (non-hydrogen) atoms. The van der Waals surface area contributed by atoms with E-state index in [9.17, 15) is 20.0 Å². The molecule has 4 rings (SSSR count). The van der Waals surface area contributed by atoms with Crippen molar-refractivity contribution in [1.29, 1.82) is 0 Å². The van der Waals surface area contributed by atoms with Crippen LogP contribution in [0.4, 0.5) is 5.69 Å². The molecule has 0 bridgehead atoms. The van der Waals surface area contributed by atoms with E-state index in [0.29, 0.717) is 11.1 Å². The summed E-state index contributed by atoms with van der Waals surface area (Å²) in [6.07, 6.45) is 4.48. The second-order valence-electron chi connectivity index (χ2n) is 6.87. The molecule has 1 aromatic heterocycles. The first-order valence-electron chi connectivity index (χ1n) is 9.47. The van der Waals surface area contributed by atoms with Gasteiger partial charge in [-0.1, -0.05) is 18.2 Å². The molecule has 0 radical (unpaired) electrons.